The van der Waals surface area contributed by atoms with Crippen LogP contribution in [-0.2, 0) is 4.79 Å². The normalized spacial score (nSPS) is 12.3. The third-order valence-corrected chi connectivity index (χ3v) is 3.01. The molecule has 4 nitrogen and oxygen atoms in total. The molecule has 0 aliphatic carbocycles. The highest BCUT2D eigenvalue weighted by Crippen LogP contribution is 2.16. The van der Waals surface area contributed by atoms with Gasteiger partial charge in [-0.2, -0.15) is 0 Å². The van der Waals surface area contributed by atoms with E-state index >= 15 is 0 Å². The monoisotopic (exact) mass is 243 g/mol. The Labute approximate surface area is 106 Å². The van der Waals surface area contributed by atoms with Gasteiger partial charge >= 0.3 is 0 Å². The van der Waals surface area contributed by atoms with E-state index in [9.17, 15) is 4.79 Å². The molecule has 0 spiro atoms. The molecule has 0 saturated carbocycles. The molecule has 2 aromatic rings. The van der Waals surface area contributed by atoms with E-state index in [1.807, 2.05) is 37.3 Å². The number of amides is 1. The van der Waals surface area contributed by atoms with E-state index in [4.69, 9.17) is 5.73 Å². The Hall–Kier alpha value is -1.94. The van der Waals surface area contributed by atoms with E-state index in [-0.39, 0.29) is 11.8 Å². The van der Waals surface area contributed by atoms with Gasteiger partial charge in [-0.1, -0.05) is 25.1 Å². The van der Waals surface area contributed by atoms with Crippen LogP contribution in [0.4, 0.5) is 5.69 Å². The van der Waals surface area contributed by atoms with Gasteiger partial charge in [0.1, 0.15) is 0 Å². The molecule has 0 aliphatic rings. The maximum absolute atomic E-state index is 11.9. The number of nitrogens with two attached hydrogens (primary N) is 1. The maximum atomic E-state index is 11.9. The topological polar surface area (TPSA) is 68.0 Å². The minimum Gasteiger partial charge on any atom is -0.330 e. The molecule has 1 unspecified atom stereocenters. The van der Waals surface area contributed by atoms with Crippen molar-refractivity contribution in [2.24, 2.45) is 11.7 Å². The summed E-state index contributed by atoms with van der Waals surface area (Å²) in [6.45, 7) is 2.32. The van der Waals surface area contributed by atoms with Gasteiger partial charge in [0, 0.05) is 11.9 Å². The molecule has 0 aliphatic heterocycles. The number of fused-ring (bicyclic) bond motifs is 1. The average Bonchev–Trinajstić information content (AvgIpc) is 2.40. The van der Waals surface area contributed by atoms with Crippen LogP contribution in [-0.4, -0.2) is 17.4 Å². The molecule has 2 rings (SSSR count). The average molecular weight is 243 g/mol. The van der Waals surface area contributed by atoms with E-state index in [0.717, 1.165) is 17.3 Å². The van der Waals surface area contributed by atoms with Crippen molar-refractivity contribution in [2.45, 2.75) is 13.3 Å². The van der Waals surface area contributed by atoms with Crippen molar-refractivity contribution in [3.8, 4) is 0 Å². The van der Waals surface area contributed by atoms with Gasteiger partial charge in [-0.05, 0) is 18.6 Å². The summed E-state index contributed by atoms with van der Waals surface area (Å²) in [5, 5.41) is 3.86. The Bertz CT molecular complexity index is 549. The zero-order chi connectivity index (χ0) is 13.0. The first-order valence-corrected chi connectivity index (χ1v) is 6.10. The van der Waals surface area contributed by atoms with Crippen molar-refractivity contribution in [3.63, 3.8) is 0 Å². The zero-order valence-electron chi connectivity index (χ0n) is 10.4. The number of para-hydroxylation sites is 1. The Morgan fingerprint density at radius 3 is 2.94 bits per heavy atom. The third-order valence-electron chi connectivity index (χ3n) is 3.01. The number of benzene rings is 1. The van der Waals surface area contributed by atoms with E-state index in [1.165, 1.54) is 0 Å². The lowest BCUT2D eigenvalue weighted by molar-refractivity contribution is -0.119. The van der Waals surface area contributed by atoms with E-state index < -0.39 is 0 Å². The second-order valence-corrected chi connectivity index (χ2v) is 4.25. The van der Waals surface area contributed by atoms with E-state index in [2.05, 4.69) is 10.3 Å². The second-order valence-electron chi connectivity index (χ2n) is 4.25. The van der Waals surface area contributed by atoms with E-state index in [1.54, 1.807) is 6.20 Å². The molecule has 3 N–H and O–H groups in total. The van der Waals surface area contributed by atoms with Gasteiger partial charge in [-0.25, -0.2) is 0 Å². The Kier molecular flexibility index (Phi) is 3.89. The van der Waals surface area contributed by atoms with Crippen molar-refractivity contribution in [3.05, 3.63) is 36.5 Å². The molecular formula is C14H17N3O. The molecular weight excluding hydrogens is 226 g/mol. The summed E-state index contributed by atoms with van der Waals surface area (Å²) in [7, 11) is 0. The van der Waals surface area contributed by atoms with Gasteiger partial charge in [0.05, 0.1) is 23.3 Å². The molecule has 1 aromatic carbocycles. The smallest absolute Gasteiger partial charge is 0.228 e. The molecule has 4 heteroatoms. The maximum Gasteiger partial charge on any atom is 0.228 e. The molecule has 1 aromatic heterocycles. The van der Waals surface area contributed by atoms with Crippen molar-refractivity contribution >= 4 is 22.5 Å². The Morgan fingerprint density at radius 2 is 2.22 bits per heavy atom. The highest BCUT2D eigenvalue weighted by molar-refractivity contribution is 5.94. The summed E-state index contributed by atoms with van der Waals surface area (Å²) < 4.78 is 0. The van der Waals surface area contributed by atoms with Gasteiger partial charge in [0.2, 0.25) is 5.91 Å². The van der Waals surface area contributed by atoms with Crippen molar-refractivity contribution in [1.82, 2.24) is 4.98 Å². The van der Waals surface area contributed by atoms with Crippen LogP contribution in [0.1, 0.15) is 13.3 Å². The zero-order valence-corrected chi connectivity index (χ0v) is 10.4. The quantitative estimate of drug-likeness (QED) is 0.864. The van der Waals surface area contributed by atoms with Gasteiger partial charge in [-0.3, -0.25) is 9.78 Å². The van der Waals surface area contributed by atoms with E-state index in [0.29, 0.717) is 12.2 Å². The lowest BCUT2D eigenvalue weighted by Gasteiger charge is -2.12. The fourth-order valence-corrected chi connectivity index (χ4v) is 1.84. The van der Waals surface area contributed by atoms with Crippen LogP contribution in [0.2, 0.25) is 0 Å². The number of rotatable bonds is 4. The summed E-state index contributed by atoms with van der Waals surface area (Å²) in [6.07, 6.45) is 2.41. The minimum atomic E-state index is -0.142. The largest absolute Gasteiger partial charge is 0.330 e. The van der Waals surface area contributed by atoms with Crippen molar-refractivity contribution in [1.29, 1.82) is 0 Å². The number of nitrogens with zero attached hydrogens (tertiary/aromatic N) is 1. The summed E-state index contributed by atoms with van der Waals surface area (Å²) in [6, 6.07) is 9.72. The van der Waals surface area contributed by atoms with Crippen LogP contribution >= 0.6 is 0 Å². The highest BCUT2D eigenvalue weighted by atomic mass is 16.1. The summed E-state index contributed by atoms with van der Waals surface area (Å²) in [4.78, 5) is 16.2. The second kappa shape index (κ2) is 5.60. The number of carbonyl (C=O) groups is 1. The number of pyridine rings is 1. The third kappa shape index (κ3) is 2.65. The van der Waals surface area contributed by atoms with Crippen molar-refractivity contribution in [2.75, 3.05) is 11.9 Å². The number of hydrogen-bond acceptors (Lipinski definition) is 3. The molecule has 18 heavy (non-hydrogen) atoms. The number of nitrogens with one attached hydrogen (secondary N) is 1. The first-order chi connectivity index (χ1) is 8.74. The summed E-state index contributed by atoms with van der Waals surface area (Å²) >= 11 is 0. The van der Waals surface area contributed by atoms with Gasteiger partial charge in [0.15, 0.2) is 0 Å². The number of carbonyl (C=O) groups excluding carboxylic acids is 1. The highest BCUT2D eigenvalue weighted by Gasteiger charge is 2.14. The molecule has 1 heterocycles. The number of aromatic nitrogens is 1. The van der Waals surface area contributed by atoms with Crippen molar-refractivity contribution < 1.29 is 4.79 Å². The van der Waals surface area contributed by atoms with Gasteiger partial charge in [0.25, 0.3) is 0 Å². The molecule has 0 fully saturated rings. The summed E-state index contributed by atoms with van der Waals surface area (Å²) in [5.74, 6) is -0.187. The first kappa shape index (κ1) is 12.5. The number of hydrogen-bond donors (Lipinski definition) is 2. The molecule has 94 valence electrons. The fourth-order valence-electron chi connectivity index (χ4n) is 1.84. The number of anilines is 1. The Morgan fingerprint density at radius 1 is 1.44 bits per heavy atom. The standard InChI is InChI=1S/C14H17N3O/c1-2-10(8-15)14(18)17-12-7-11-5-3-4-6-13(11)16-9-12/h3-7,9-10H,2,8,15H2,1H3,(H,17,18). The predicted molar refractivity (Wildman–Crippen MR) is 73.2 cm³/mol. The lowest BCUT2D eigenvalue weighted by atomic mass is 10.1. The first-order valence-electron chi connectivity index (χ1n) is 6.10. The lowest BCUT2D eigenvalue weighted by Crippen LogP contribution is -2.28. The van der Waals surface area contributed by atoms with Crippen LogP contribution in [0.15, 0.2) is 36.5 Å². The SMILES string of the molecule is CCC(CN)C(=O)Nc1cnc2ccccc2c1. The van der Waals surface area contributed by atoms with Crippen LogP contribution in [0.3, 0.4) is 0 Å². The molecule has 0 bridgehead atoms. The van der Waals surface area contributed by atoms with Gasteiger partial charge < -0.3 is 11.1 Å². The van der Waals surface area contributed by atoms with Crippen LogP contribution in [0.25, 0.3) is 10.9 Å². The fraction of sp³-hybridized carbons (Fsp3) is 0.286. The summed E-state index contributed by atoms with van der Waals surface area (Å²) in [5.41, 5.74) is 7.18. The van der Waals surface area contributed by atoms with Crippen LogP contribution in [0.5, 0.6) is 0 Å². The molecule has 0 radical (unpaired) electrons. The van der Waals surface area contributed by atoms with Crippen LogP contribution < -0.4 is 11.1 Å². The Balaban J connectivity index is 2.19. The minimum absolute atomic E-state index is 0.0444. The van der Waals surface area contributed by atoms with Crippen LogP contribution in [0, 0.1) is 5.92 Å². The molecule has 1 atom stereocenters. The molecule has 0 saturated heterocycles. The van der Waals surface area contributed by atoms with Gasteiger partial charge in [-0.15, -0.1) is 0 Å². The molecule has 1 amide bonds. The predicted octanol–water partition coefficient (Wildman–Crippen LogP) is 2.16.